The van der Waals surface area contributed by atoms with Gasteiger partial charge in [0.15, 0.2) is 0 Å². The van der Waals surface area contributed by atoms with Gasteiger partial charge in [-0.3, -0.25) is 4.90 Å². The van der Waals surface area contributed by atoms with Gasteiger partial charge in [-0.2, -0.15) is 0 Å². The predicted molar refractivity (Wildman–Crippen MR) is 80.6 cm³/mol. The molecule has 1 aliphatic rings. The van der Waals surface area contributed by atoms with Crippen molar-refractivity contribution < 1.29 is 0 Å². The maximum absolute atomic E-state index is 3.83. The van der Waals surface area contributed by atoms with Crippen LogP contribution in [-0.4, -0.2) is 22.8 Å². The van der Waals surface area contributed by atoms with E-state index in [1.807, 2.05) is 0 Å². The van der Waals surface area contributed by atoms with Gasteiger partial charge < -0.3 is 0 Å². The van der Waals surface area contributed by atoms with Gasteiger partial charge in [-0.15, -0.1) is 0 Å². The molecule has 1 saturated carbocycles. The van der Waals surface area contributed by atoms with Crippen LogP contribution < -0.4 is 0 Å². The first kappa shape index (κ1) is 13.6. The van der Waals surface area contributed by atoms with E-state index in [0.717, 1.165) is 6.54 Å². The maximum Gasteiger partial charge on any atom is 0.0301 e. The van der Waals surface area contributed by atoms with Crippen molar-refractivity contribution in [2.75, 3.05) is 7.05 Å². The van der Waals surface area contributed by atoms with E-state index >= 15 is 0 Å². The van der Waals surface area contributed by atoms with Crippen LogP contribution in [0, 0.1) is 0 Å². The number of alkyl halides is 1. The number of rotatable bonds is 3. The molecule has 17 heavy (non-hydrogen) atoms. The minimum absolute atomic E-state index is 0.661. The Hall–Kier alpha value is 0.140. The van der Waals surface area contributed by atoms with Crippen molar-refractivity contribution in [3.8, 4) is 0 Å². The molecule has 3 heteroatoms. The van der Waals surface area contributed by atoms with Gasteiger partial charge in [0.05, 0.1) is 0 Å². The number of hydrogen-bond acceptors (Lipinski definition) is 1. The van der Waals surface area contributed by atoms with Crippen LogP contribution in [0.25, 0.3) is 0 Å². The monoisotopic (exact) mass is 359 g/mol. The van der Waals surface area contributed by atoms with Gasteiger partial charge in [0.25, 0.3) is 0 Å². The quantitative estimate of drug-likeness (QED) is 0.712. The summed E-state index contributed by atoms with van der Waals surface area (Å²) in [7, 11) is 2.24. The van der Waals surface area contributed by atoms with E-state index in [-0.39, 0.29) is 0 Å². The summed E-state index contributed by atoms with van der Waals surface area (Å²) in [5.41, 5.74) is 1.38. The zero-order valence-corrected chi connectivity index (χ0v) is 13.4. The molecule has 2 atom stereocenters. The van der Waals surface area contributed by atoms with E-state index in [1.54, 1.807) is 0 Å². The van der Waals surface area contributed by atoms with Crippen molar-refractivity contribution in [2.45, 2.75) is 43.1 Å². The van der Waals surface area contributed by atoms with Crippen molar-refractivity contribution in [1.82, 2.24) is 4.90 Å². The summed E-state index contributed by atoms with van der Waals surface area (Å²) in [6, 6.07) is 9.29. The summed E-state index contributed by atoms with van der Waals surface area (Å²) in [6.07, 6.45) is 5.38. The highest BCUT2D eigenvalue weighted by Gasteiger charge is 2.26. The standard InChI is InChI=1S/C14H19Br2N/c1-17(14-8-3-2-7-13(14)16)10-11-5-4-6-12(15)9-11/h4-6,9,13-14H,2-3,7-8,10H2,1H3. The predicted octanol–water partition coefficient (Wildman–Crippen LogP) is 4.59. The minimum Gasteiger partial charge on any atom is -0.298 e. The van der Waals surface area contributed by atoms with Crippen molar-refractivity contribution in [1.29, 1.82) is 0 Å². The molecule has 1 aromatic carbocycles. The lowest BCUT2D eigenvalue weighted by molar-refractivity contribution is 0.193. The maximum atomic E-state index is 3.83. The Balaban J connectivity index is 1.98. The van der Waals surface area contributed by atoms with Gasteiger partial charge in [0.1, 0.15) is 0 Å². The summed E-state index contributed by atoms with van der Waals surface area (Å²) < 4.78 is 1.17. The molecule has 1 aliphatic carbocycles. The molecule has 0 saturated heterocycles. The zero-order chi connectivity index (χ0) is 12.3. The molecule has 0 radical (unpaired) electrons. The summed E-state index contributed by atoms with van der Waals surface area (Å²) in [5.74, 6) is 0. The lowest BCUT2D eigenvalue weighted by Crippen LogP contribution is -2.40. The second-order valence-electron chi connectivity index (χ2n) is 4.91. The van der Waals surface area contributed by atoms with Gasteiger partial charge in [-0.05, 0) is 37.6 Å². The molecule has 1 fully saturated rings. The smallest absolute Gasteiger partial charge is 0.0301 e. The third-order valence-electron chi connectivity index (χ3n) is 3.53. The van der Waals surface area contributed by atoms with Gasteiger partial charge in [0.2, 0.25) is 0 Å². The molecule has 2 rings (SSSR count). The Kier molecular flexibility index (Phi) is 5.07. The Morgan fingerprint density at radius 1 is 1.29 bits per heavy atom. The van der Waals surface area contributed by atoms with Crippen molar-refractivity contribution in [3.05, 3.63) is 34.3 Å². The molecule has 1 aromatic rings. The minimum atomic E-state index is 0.661. The number of nitrogens with zero attached hydrogens (tertiary/aromatic N) is 1. The molecule has 0 aliphatic heterocycles. The van der Waals surface area contributed by atoms with Crippen LogP contribution in [0.3, 0.4) is 0 Å². The topological polar surface area (TPSA) is 3.24 Å². The average molecular weight is 361 g/mol. The Bertz CT molecular complexity index is 367. The van der Waals surface area contributed by atoms with Gasteiger partial charge >= 0.3 is 0 Å². The first-order valence-corrected chi connectivity index (χ1v) is 7.96. The Morgan fingerprint density at radius 3 is 2.76 bits per heavy atom. The number of benzene rings is 1. The average Bonchev–Trinajstić information content (AvgIpc) is 2.29. The van der Waals surface area contributed by atoms with Crippen molar-refractivity contribution >= 4 is 31.9 Å². The number of hydrogen-bond donors (Lipinski definition) is 0. The van der Waals surface area contributed by atoms with E-state index in [4.69, 9.17) is 0 Å². The van der Waals surface area contributed by atoms with E-state index in [2.05, 4.69) is 68.1 Å². The molecule has 0 spiro atoms. The Labute approximate surface area is 121 Å². The van der Waals surface area contributed by atoms with Gasteiger partial charge in [-0.1, -0.05) is 56.8 Å². The van der Waals surface area contributed by atoms with Crippen molar-refractivity contribution in [3.63, 3.8) is 0 Å². The fraction of sp³-hybridized carbons (Fsp3) is 0.571. The SMILES string of the molecule is CN(Cc1cccc(Br)c1)C1CCCCC1Br. The molecule has 0 amide bonds. The van der Waals surface area contributed by atoms with E-state index in [9.17, 15) is 0 Å². The zero-order valence-electron chi connectivity index (χ0n) is 10.2. The lowest BCUT2D eigenvalue weighted by atomic mass is 9.94. The normalized spacial score (nSPS) is 25.2. The highest BCUT2D eigenvalue weighted by atomic mass is 79.9. The van der Waals surface area contributed by atoms with Crippen LogP contribution in [0.2, 0.25) is 0 Å². The second kappa shape index (κ2) is 6.35. The van der Waals surface area contributed by atoms with Crippen LogP contribution in [0.15, 0.2) is 28.7 Å². The molecule has 94 valence electrons. The third-order valence-corrected chi connectivity index (χ3v) is 5.10. The highest BCUT2D eigenvalue weighted by molar-refractivity contribution is 9.10. The fourth-order valence-corrected chi connectivity index (χ4v) is 4.04. The molecular formula is C14H19Br2N. The summed E-state index contributed by atoms with van der Waals surface area (Å²) >= 11 is 7.36. The molecule has 0 heterocycles. The highest BCUT2D eigenvalue weighted by Crippen LogP contribution is 2.28. The van der Waals surface area contributed by atoms with Crippen LogP contribution in [0.5, 0.6) is 0 Å². The summed E-state index contributed by atoms with van der Waals surface area (Å²) in [4.78, 5) is 3.15. The van der Waals surface area contributed by atoms with E-state index in [1.165, 1.54) is 35.7 Å². The van der Waals surface area contributed by atoms with Crippen LogP contribution >= 0.6 is 31.9 Å². The molecule has 0 aromatic heterocycles. The molecular weight excluding hydrogens is 342 g/mol. The van der Waals surface area contributed by atoms with E-state index in [0.29, 0.717) is 10.9 Å². The van der Waals surface area contributed by atoms with Gasteiger partial charge in [-0.25, -0.2) is 0 Å². The van der Waals surface area contributed by atoms with Gasteiger partial charge in [0, 0.05) is 21.9 Å². The number of halogens is 2. The third kappa shape index (κ3) is 3.80. The largest absolute Gasteiger partial charge is 0.298 e. The molecule has 0 bridgehead atoms. The molecule has 0 N–H and O–H groups in total. The first-order chi connectivity index (χ1) is 8.16. The van der Waals surface area contributed by atoms with Crippen LogP contribution in [-0.2, 0) is 6.54 Å². The first-order valence-electron chi connectivity index (χ1n) is 6.25. The summed E-state index contributed by atoms with van der Waals surface area (Å²) in [5, 5.41) is 0. The second-order valence-corrected chi connectivity index (χ2v) is 7.00. The summed E-state index contributed by atoms with van der Waals surface area (Å²) in [6.45, 7) is 1.03. The molecule has 1 nitrogen and oxygen atoms in total. The van der Waals surface area contributed by atoms with Crippen LogP contribution in [0.4, 0.5) is 0 Å². The lowest BCUT2D eigenvalue weighted by Gasteiger charge is -2.35. The Morgan fingerprint density at radius 2 is 2.06 bits per heavy atom. The van der Waals surface area contributed by atoms with Crippen LogP contribution in [0.1, 0.15) is 31.2 Å². The van der Waals surface area contributed by atoms with E-state index < -0.39 is 0 Å². The molecule has 2 unspecified atom stereocenters. The fourth-order valence-electron chi connectivity index (χ4n) is 2.60. The van der Waals surface area contributed by atoms with Crippen molar-refractivity contribution in [2.24, 2.45) is 0 Å².